The van der Waals surface area contributed by atoms with Crippen LogP contribution in [0.4, 0.5) is 0 Å². The van der Waals surface area contributed by atoms with E-state index in [0.29, 0.717) is 23.0 Å². The molecular weight excluding hydrogens is 377 g/mol. The van der Waals surface area contributed by atoms with Crippen molar-refractivity contribution >= 4 is 42.3 Å². The van der Waals surface area contributed by atoms with Crippen LogP contribution in [0.3, 0.4) is 0 Å². The summed E-state index contributed by atoms with van der Waals surface area (Å²) in [6.45, 7) is 9.44. The largest absolute Gasteiger partial charge is 0.412 e. The molecule has 0 aliphatic heterocycles. The first-order chi connectivity index (χ1) is 11.7. The minimum atomic E-state index is -1.20. The van der Waals surface area contributed by atoms with Gasteiger partial charge in [-0.3, -0.25) is 4.68 Å². The second-order valence-corrected chi connectivity index (χ2v) is 13.6. The van der Waals surface area contributed by atoms with E-state index in [4.69, 9.17) is 28.0 Å². The first kappa shape index (κ1) is 18.2. The first-order valence-corrected chi connectivity index (χ1v) is 12.5. The number of nitrogens with zero attached hydrogens (tertiary/aromatic N) is 5. The van der Waals surface area contributed by atoms with Crippen molar-refractivity contribution in [3.8, 4) is 11.3 Å². The van der Waals surface area contributed by atoms with Crippen LogP contribution < -0.4 is 4.84 Å². The Morgan fingerprint density at radius 2 is 1.92 bits per heavy atom. The summed E-state index contributed by atoms with van der Waals surface area (Å²) in [6, 6.07) is 1.04. The third-order valence-electron chi connectivity index (χ3n) is 3.95. The molecule has 9 heteroatoms. The minimum Gasteiger partial charge on any atom is -0.412 e. The van der Waals surface area contributed by atoms with Gasteiger partial charge in [0.05, 0.1) is 28.0 Å². The summed E-state index contributed by atoms with van der Waals surface area (Å²) in [5.74, 6) is 0. The van der Waals surface area contributed by atoms with E-state index >= 15 is 0 Å². The van der Waals surface area contributed by atoms with Gasteiger partial charge in [-0.05, 0) is 24.6 Å². The maximum Gasteiger partial charge on any atom is 0.225 e. The summed E-state index contributed by atoms with van der Waals surface area (Å²) in [6.07, 6.45) is 3.60. The van der Waals surface area contributed by atoms with Crippen molar-refractivity contribution in [2.75, 3.05) is 6.61 Å². The Morgan fingerprint density at radius 3 is 2.52 bits per heavy atom. The molecule has 3 rings (SSSR count). The molecule has 0 atom stereocenters. The molecule has 0 N–H and O–H groups in total. The summed E-state index contributed by atoms with van der Waals surface area (Å²) in [4.78, 5) is 14.7. The lowest BCUT2D eigenvalue weighted by atomic mass is 10.2. The molecule has 0 aliphatic carbocycles. The zero-order chi connectivity index (χ0) is 18.4. The topological polar surface area (TPSA) is 57.8 Å². The van der Waals surface area contributed by atoms with E-state index in [1.807, 2.05) is 20.2 Å². The van der Waals surface area contributed by atoms with Gasteiger partial charge in [-0.15, -0.1) is 0 Å². The molecule has 3 aromatic rings. The number of halogens is 2. The van der Waals surface area contributed by atoms with Crippen molar-refractivity contribution in [3.05, 3.63) is 28.4 Å². The summed E-state index contributed by atoms with van der Waals surface area (Å²) < 4.78 is 3.38. The van der Waals surface area contributed by atoms with Gasteiger partial charge in [0, 0.05) is 26.9 Å². The van der Waals surface area contributed by atoms with Crippen molar-refractivity contribution in [2.45, 2.75) is 32.6 Å². The van der Waals surface area contributed by atoms with Crippen molar-refractivity contribution in [2.24, 2.45) is 7.05 Å². The van der Waals surface area contributed by atoms with Crippen LogP contribution in [-0.2, 0) is 7.05 Å². The van der Waals surface area contributed by atoms with Crippen LogP contribution in [0.25, 0.3) is 22.3 Å². The minimum absolute atomic E-state index is 0.149. The van der Waals surface area contributed by atoms with Crippen LogP contribution in [0.5, 0.6) is 0 Å². The maximum atomic E-state index is 6.59. The molecule has 25 heavy (non-hydrogen) atoms. The van der Waals surface area contributed by atoms with Crippen LogP contribution in [-0.4, -0.2) is 39.2 Å². The average Bonchev–Trinajstić information content (AvgIpc) is 3.03. The van der Waals surface area contributed by atoms with E-state index in [1.54, 1.807) is 15.6 Å². The number of aryl methyl sites for hydroxylation is 1. The Kier molecular flexibility index (Phi) is 4.83. The monoisotopic (exact) mass is 397 g/mol. The third kappa shape index (κ3) is 3.68. The van der Waals surface area contributed by atoms with Gasteiger partial charge in [0.2, 0.25) is 5.28 Å². The number of hydrogen-bond acceptors (Lipinski definition) is 4. The lowest BCUT2D eigenvalue weighted by Crippen LogP contribution is -2.25. The fourth-order valence-corrected chi connectivity index (χ4v) is 3.67. The van der Waals surface area contributed by atoms with Crippen LogP contribution in [0.1, 0.15) is 5.69 Å². The van der Waals surface area contributed by atoms with E-state index < -0.39 is 8.07 Å². The standard InChI is InChI=1S/C16H21Cl2N5OSi/c1-10-13(17)12-14(11-8-19-22(2)9-11)20-16(18)21-15(12)23(10)24-6-7-25(3,4)5/h8-9H,6-7H2,1-5H3. The van der Waals surface area contributed by atoms with Gasteiger partial charge in [0.25, 0.3) is 0 Å². The maximum absolute atomic E-state index is 6.59. The van der Waals surface area contributed by atoms with Gasteiger partial charge in [0.1, 0.15) is 6.61 Å². The summed E-state index contributed by atoms with van der Waals surface area (Å²) in [5, 5.41) is 5.64. The summed E-state index contributed by atoms with van der Waals surface area (Å²) in [7, 11) is 0.646. The van der Waals surface area contributed by atoms with Gasteiger partial charge in [-0.1, -0.05) is 31.2 Å². The van der Waals surface area contributed by atoms with E-state index in [1.165, 1.54) is 0 Å². The molecule has 0 saturated heterocycles. The van der Waals surface area contributed by atoms with Crippen LogP contribution in [0.15, 0.2) is 12.4 Å². The molecule has 0 amide bonds. The molecule has 0 saturated carbocycles. The van der Waals surface area contributed by atoms with Crippen LogP contribution in [0.2, 0.25) is 36.0 Å². The molecule has 0 spiro atoms. The smallest absolute Gasteiger partial charge is 0.225 e. The number of aromatic nitrogens is 5. The van der Waals surface area contributed by atoms with Gasteiger partial charge < -0.3 is 4.84 Å². The Labute approximate surface area is 157 Å². The highest BCUT2D eigenvalue weighted by Crippen LogP contribution is 2.36. The van der Waals surface area contributed by atoms with Gasteiger partial charge in [-0.2, -0.15) is 14.8 Å². The van der Waals surface area contributed by atoms with Gasteiger partial charge in [-0.25, -0.2) is 4.98 Å². The highest BCUT2D eigenvalue weighted by molar-refractivity contribution is 6.76. The summed E-state index contributed by atoms with van der Waals surface area (Å²) >= 11 is 12.8. The average molecular weight is 398 g/mol. The Hall–Kier alpha value is -1.57. The Morgan fingerprint density at radius 1 is 1.20 bits per heavy atom. The van der Waals surface area contributed by atoms with E-state index in [-0.39, 0.29) is 5.28 Å². The van der Waals surface area contributed by atoms with Crippen molar-refractivity contribution in [3.63, 3.8) is 0 Å². The quantitative estimate of drug-likeness (QED) is 0.477. The van der Waals surface area contributed by atoms with Crippen molar-refractivity contribution in [1.82, 2.24) is 24.5 Å². The van der Waals surface area contributed by atoms with Crippen molar-refractivity contribution < 1.29 is 4.84 Å². The molecule has 6 nitrogen and oxygen atoms in total. The first-order valence-electron chi connectivity index (χ1n) is 8.04. The zero-order valence-corrected chi connectivity index (χ0v) is 17.5. The molecular formula is C16H21Cl2N5OSi. The predicted octanol–water partition coefficient (Wildman–Crippen LogP) is 4.21. The molecule has 134 valence electrons. The second-order valence-electron chi connectivity index (χ2n) is 7.28. The molecule has 0 aliphatic rings. The fraction of sp³-hybridized carbons (Fsp3) is 0.438. The predicted molar refractivity (Wildman–Crippen MR) is 104 cm³/mol. The lowest BCUT2D eigenvalue weighted by Gasteiger charge is -2.17. The molecule has 0 radical (unpaired) electrons. The van der Waals surface area contributed by atoms with Crippen molar-refractivity contribution in [1.29, 1.82) is 0 Å². The van der Waals surface area contributed by atoms with E-state index in [2.05, 4.69) is 34.7 Å². The molecule has 0 bridgehead atoms. The van der Waals surface area contributed by atoms with Crippen LogP contribution in [0, 0.1) is 6.92 Å². The van der Waals surface area contributed by atoms with Gasteiger partial charge in [0.15, 0.2) is 5.65 Å². The molecule has 0 fully saturated rings. The SMILES string of the molecule is Cc1c(Cl)c2c(-c3cnn(C)c3)nc(Cl)nc2n1OCC[Si](C)(C)C. The van der Waals surface area contributed by atoms with Crippen LogP contribution >= 0.6 is 23.2 Å². The highest BCUT2D eigenvalue weighted by atomic mass is 35.5. The summed E-state index contributed by atoms with van der Waals surface area (Å²) in [5.41, 5.74) is 2.85. The van der Waals surface area contributed by atoms with Gasteiger partial charge >= 0.3 is 0 Å². The molecule has 3 heterocycles. The highest BCUT2D eigenvalue weighted by Gasteiger charge is 2.22. The number of rotatable bonds is 5. The Balaban J connectivity index is 2.11. The normalized spacial score (nSPS) is 12.1. The lowest BCUT2D eigenvalue weighted by molar-refractivity contribution is 0.126. The second kappa shape index (κ2) is 6.62. The van der Waals surface area contributed by atoms with E-state index in [9.17, 15) is 0 Å². The molecule has 0 unspecified atom stereocenters. The fourth-order valence-electron chi connectivity index (χ4n) is 2.55. The number of hydrogen-bond donors (Lipinski definition) is 0. The van der Waals surface area contributed by atoms with E-state index in [0.717, 1.165) is 22.7 Å². The molecule has 0 aromatic carbocycles. The molecule has 3 aromatic heterocycles. The number of fused-ring (bicyclic) bond motifs is 1. The third-order valence-corrected chi connectivity index (χ3v) is 6.28. The zero-order valence-electron chi connectivity index (χ0n) is 15.0. The Bertz CT molecular complexity index is 929.